The van der Waals surface area contributed by atoms with Crippen molar-refractivity contribution in [3.8, 4) is 0 Å². The van der Waals surface area contributed by atoms with Crippen LogP contribution in [0.15, 0.2) is 30.3 Å². The van der Waals surface area contributed by atoms with E-state index in [0.29, 0.717) is 0 Å². The lowest BCUT2D eigenvalue weighted by molar-refractivity contribution is 0.142. The van der Waals surface area contributed by atoms with E-state index in [1.807, 2.05) is 0 Å². The summed E-state index contributed by atoms with van der Waals surface area (Å²) < 4.78 is 0. The molecule has 0 amide bonds. The fraction of sp³-hybridized carbons (Fsp3) is 0.625. The quantitative estimate of drug-likeness (QED) is 0.776. The Morgan fingerprint density at radius 1 is 1.22 bits per heavy atom. The standard InChI is InChI=1S/C16H26N2/c1-2-3-5-10-16-13-17-11-12-18(16)14-15-8-6-4-7-9-15/h4,6-9,16-17H,2-3,5,10-14H2,1H3. The zero-order chi connectivity index (χ0) is 12.6. The molecule has 1 atom stereocenters. The molecule has 1 fully saturated rings. The van der Waals surface area contributed by atoms with Crippen LogP contribution in [0.1, 0.15) is 38.2 Å². The summed E-state index contributed by atoms with van der Waals surface area (Å²) in [5.41, 5.74) is 1.44. The molecule has 1 N–H and O–H groups in total. The molecular formula is C16H26N2. The van der Waals surface area contributed by atoms with Crippen molar-refractivity contribution in [2.24, 2.45) is 0 Å². The van der Waals surface area contributed by atoms with Crippen molar-refractivity contribution >= 4 is 0 Å². The number of rotatable bonds is 6. The zero-order valence-corrected chi connectivity index (χ0v) is 11.6. The van der Waals surface area contributed by atoms with Gasteiger partial charge in [0.1, 0.15) is 0 Å². The molecule has 2 heteroatoms. The van der Waals surface area contributed by atoms with Crippen LogP contribution < -0.4 is 5.32 Å². The van der Waals surface area contributed by atoms with Crippen LogP contribution >= 0.6 is 0 Å². The molecule has 18 heavy (non-hydrogen) atoms. The van der Waals surface area contributed by atoms with Gasteiger partial charge in [-0.25, -0.2) is 0 Å². The summed E-state index contributed by atoms with van der Waals surface area (Å²) in [5.74, 6) is 0. The number of benzene rings is 1. The second-order valence-corrected chi connectivity index (χ2v) is 5.31. The van der Waals surface area contributed by atoms with Crippen LogP contribution in [0.25, 0.3) is 0 Å². The average Bonchev–Trinajstić information content (AvgIpc) is 2.42. The second kappa shape index (κ2) is 7.55. The van der Waals surface area contributed by atoms with Crippen molar-refractivity contribution in [1.29, 1.82) is 0 Å². The van der Waals surface area contributed by atoms with Gasteiger partial charge in [0, 0.05) is 32.2 Å². The van der Waals surface area contributed by atoms with Gasteiger partial charge in [0.25, 0.3) is 0 Å². The Labute approximate surface area is 111 Å². The summed E-state index contributed by atoms with van der Waals surface area (Å²) in [6.07, 6.45) is 5.40. The average molecular weight is 246 g/mol. The molecule has 1 aliphatic rings. The normalized spacial score (nSPS) is 21.1. The fourth-order valence-corrected chi connectivity index (χ4v) is 2.74. The highest BCUT2D eigenvalue weighted by Gasteiger charge is 2.21. The van der Waals surface area contributed by atoms with E-state index in [9.17, 15) is 0 Å². The summed E-state index contributed by atoms with van der Waals surface area (Å²) in [6.45, 7) is 6.87. The fourth-order valence-electron chi connectivity index (χ4n) is 2.74. The molecule has 0 saturated carbocycles. The van der Waals surface area contributed by atoms with Crippen molar-refractivity contribution in [1.82, 2.24) is 10.2 Å². The number of hydrogen-bond acceptors (Lipinski definition) is 2. The maximum atomic E-state index is 3.54. The molecule has 0 radical (unpaired) electrons. The van der Waals surface area contributed by atoms with Gasteiger partial charge < -0.3 is 5.32 Å². The van der Waals surface area contributed by atoms with Gasteiger partial charge in [-0.1, -0.05) is 56.5 Å². The smallest absolute Gasteiger partial charge is 0.0237 e. The Morgan fingerprint density at radius 3 is 2.83 bits per heavy atom. The monoisotopic (exact) mass is 246 g/mol. The number of piperazine rings is 1. The van der Waals surface area contributed by atoms with E-state index >= 15 is 0 Å². The second-order valence-electron chi connectivity index (χ2n) is 5.31. The number of hydrogen-bond donors (Lipinski definition) is 1. The highest BCUT2D eigenvalue weighted by atomic mass is 15.2. The SMILES string of the molecule is CCCCCC1CNCCN1Cc1ccccc1. The first-order valence-corrected chi connectivity index (χ1v) is 7.39. The maximum Gasteiger partial charge on any atom is 0.0237 e. The van der Waals surface area contributed by atoms with Crippen LogP contribution in [-0.2, 0) is 6.54 Å². The summed E-state index contributed by atoms with van der Waals surface area (Å²) >= 11 is 0. The summed E-state index contributed by atoms with van der Waals surface area (Å²) in [4.78, 5) is 2.65. The summed E-state index contributed by atoms with van der Waals surface area (Å²) in [5, 5.41) is 3.54. The first-order valence-electron chi connectivity index (χ1n) is 7.39. The Bertz CT molecular complexity index is 323. The van der Waals surface area contributed by atoms with E-state index in [2.05, 4.69) is 47.5 Å². The number of nitrogens with zero attached hydrogens (tertiary/aromatic N) is 1. The van der Waals surface area contributed by atoms with Gasteiger partial charge >= 0.3 is 0 Å². The molecule has 2 nitrogen and oxygen atoms in total. The Morgan fingerprint density at radius 2 is 2.06 bits per heavy atom. The van der Waals surface area contributed by atoms with Crippen LogP contribution in [0.2, 0.25) is 0 Å². The highest BCUT2D eigenvalue weighted by Crippen LogP contribution is 2.15. The minimum absolute atomic E-state index is 0.727. The van der Waals surface area contributed by atoms with Crippen molar-refractivity contribution in [3.63, 3.8) is 0 Å². The molecule has 1 saturated heterocycles. The zero-order valence-electron chi connectivity index (χ0n) is 11.6. The molecule has 0 aromatic heterocycles. The van der Waals surface area contributed by atoms with Crippen LogP contribution in [0, 0.1) is 0 Å². The Balaban J connectivity index is 1.87. The lowest BCUT2D eigenvalue weighted by atomic mass is 10.0. The van der Waals surface area contributed by atoms with Gasteiger partial charge in [-0.2, -0.15) is 0 Å². The molecule has 1 aliphatic heterocycles. The molecule has 1 unspecified atom stereocenters. The maximum absolute atomic E-state index is 3.54. The van der Waals surface area contributed by atoms with Crippen molar-refractivity contribution in [2.45, 2.75) is 45.2 Å². The van der Waals surface area contributed by atoms with E-state index in [0.717, 1.165) is 25.7 Å². The van der Waals surface area contributed by atoms with E-state index < -0.39 is 0 Å². The lowest BCUT2D eigenvalue weighted by Gasteiger charge is -2.36. The Kier molecular flexibility index (Phi) is 5.69. The van der Waals surface area contributed by atoms with Crippen LogP contribution in [0.5, 0.6) is 0 Å². The highest BCUT2D eigenvalue weighted by molar-refractivity contribution is 5.14. The minimum atomic E-state index is 0.727. The van der Waals surface area contributed by atoms with Crippen molar-refractivity contribution in [2.75, 3.05) is 19.6 Å². The van der Waals surface area contributed by atoms with E-state index in [1.54, 1.807) is 0 Å². The van der Waals surface area contributed by atoms with Gasteiger partial charge in [0.2, 0.25) is 0 Å². The Hall–Kier alpha value is -0.860. The first kappa shape index (κ1) is 13.6. The van der Waals surface area contributed by atoms with Gasteiger partial charge in [-0.05, 0) is 12.0 Å². The first-order chi connectivity index (χ1) is 8.90. The van der Waals surface area contributed by atoms with Gasteiger partial charge in [0.15, 0.2) is 0 Å². The van der Waals surface area contributed by atoms with Crippen molar-refractivity contribution in [3.05, 3.63) is 35.9 Å². The van der Waals surface area contributed by atoms with Crippen LogP contribution in [0.4, 0.5) is 0 Å². The van der Waals surface area contributed by atoms with Gasteiger partial charge in [-0.3, -0.25) is 4.90 Å². The predicted octanol–water partition coefficient (Wildman–Crippen LogP) is 3.04. The molecular weight excluding hydrogens is 220 g/mol. The minimum Gasteiger partial charge on any atom is -0.314 e. The molecule has 0 spiro atoms. The van der Waals surface area contributed by atoms with E-state index in [-0.39, 0.29) is 0 Å². The largest absolute Gasteiger partial charge is 0.314 e. The van der Waals surface area contributed by atoms with Crippen LogP contribution in [0.3, 0.4) is 0 Å². The topological polar surface area (TPSA) is 15.3 Å². The molecule has 1 heterocycles. The van der Waals surface area contributed by atoms with E-state index in [4.69, 9.17) is 0 Å². The summed E-state index contributed by atoms with van der Waals surface area (Å²) in [7, 11) is 0. The third-order valence-corrected chi connectivity index (χ3v) is 3.84. The van der Waals surface area contributed by atoms with Crippen LogP contribution in [-0.4, -0.2) is 30.6 Å². The number of nitrogens with one attached hydrogen (secondary N) is 1. The van der Waals surface area contributed by atoms with Gasteiger partial charge in [-0.15, -0.1) is 0 Å². The molecule has 0 bridgehead atoms. The lowest BCUT2D eigenvalue weighted by Crippen LogP contribution is -2.50. The molecule has 1 aromatic carbocycles. The molecule has 2 rings (SSSR count). The predicted molar refractivity (Wildman–Crippen MR) is 77.7 cm³/mol. The summed E-state index contributed by atoms with van der Waals surface area (Å²) in [6, 6.07) is 11.6. The molecule has 1 aromatic rings. The van der Waals surface area contributed by atoms with E-state index in [1.165, 1.54) is 37.8 Å². The van der Waals surface area contributed by atoms with Crippen molar-refractivity contribution < 1.29 is 0 Å². The third-order valence-electron chi connectivity index (χ3n) is 3.84. The number of unbranched alkanes of at least 4 members (excludes halogenated alkanes) is 2. The molecule has 0 aliphatic carbocycles. The van der Waals surface area contributed by atoms with Gasteiger partial charge in [0.05, 0.1) is 0 Å². The third kappa shape index (κ3) is 4.11. The molecule has 100 valence electrons.